The van der Waals surface area contributed by atoms with Gasteiger partial charge in [0, 0.05) is 19.7 Å². The van der Waals surface area contributed by atoms with Crippen molar-refractivity contribution in [1.82, 2.24) is 5.32 Å². The smallest absolute Gasteiger partial charge is 0.350 e. The van der Waals surface area contributed by atoms with Gasteiger partial charge in [0.25, 0.3) is 11.5 Å². The Morgan fingerprint density at radius 1 is 1.31 bits per heavy atom. The third kappa shape index (κ3) is 1.77. The first-order chi connectivity index (χ1) is 7.59. The minimum absolute atomic E-state index is 0.282. The number of benzene rings is 1. The second kappa shape index (κ2) is 4.76. The van der Waals surface area contributed by atoms with Crippen LogP contribution in [0.3, 0.4) is 0 Å². The van der Waals surface area contributed by atoms with Crippen molar-refractivity contribution in [3.8, 4) is 0 Å². The zero-order chi connectivity index (χ0) is 12.2. The monoisotopic (exact) mass is 223 g/mol. The zero-order valence-corrected chi connectivity index (χ0v) is 9.06. The summed E-state index contributed by atoms with van der Waals surface area (Å²) in [4.78, 5) is 23.0. The third-order valence-corrected chi connectivity index (χ3v) is 2.33. The Morgan fingerprint density at radius 2 is 1.88 bits per heavy atom. The fraction of sp³-hybridized carbons (Fsp3) is 0.273. The minimum Gasteiger partial charge on any atom is -0.478 e. The van der Waals surface area contributed by atoms with Crippen LogP contribution in [0.15, 0.2) is 30.3 Å². The Hall–Kier alpha value is -1.88. The molecular formula is C11H13NO4. The Balaban J connectivity index is 3.35. The molecule has 5 nitrogen and oxygen atoms in total. The topological polar surface area (TPSA) is 75.6 Å². The van der Waals surface area contributed by atoms with E-state index in [1.165, 1.54) is 26.3 Å². The normalized spacial score (nSPS) is 13.9. The number of aliphatic carboxylic acids is 1. The van der Waals surface area contributed by atoms with Gasteiger partial charge in [-0.2, -0.15) is 0 Å². The van der Waals surface area contributed by atoms with Crippen molar-refractivity contribution < 1.29 is 19.4 Å². The van der Waals surface area contributed by atoms with E-state index in [0.717, 1.165) is 0 Å². The number of amides is 1. The summed E-state index contributed by atoms with van der Waals surface area (Å²) >= 11 is 0. The van der Waals surface area contributed by atoms with Crippen LogP contribution in [0.1, 0.15) is 5.56 Å². The third-order valence-electron chi connectivity index (χ3n) is 2.33. The molecule has 0 spiro atoms. The number of carbonyl (C=O) groups is 2. The minimum atomic E-state index is -1.99. The highest BCUT2D eigenvalue weighted by Crippen LogP contribution is 2.25. The first kappa shape index (κ1) is 12.2. The molecular weight excluding hydrogens is 210 g/mol. The van der Waals surface area contributed by atoms with Gasteiger partial charge in [-0.05, 0) is 0 Å². The molecule has 1 aromatic carbocycles. The van der Waals surface area contributed by atoms with Gasteiger partial charge < -0.3 is 15.2 Å². The Morgan fingerprint density at radius 3 is 2.25 bits per heavy atom. The second-order valence-electron chi connectivity index (χ2n) is 3.14. The largest absolute Gasteiger partial charge is 0.478 e. The molecule has 0 aliphatic carbocycles. The Labute approximate surface area is 93.0 Å². The van der Waals surface area contributed by atoms with E-state index in [9.17, 15) is 14.7 Å². The summed E-state index contributed by atoms with van der Waals surface area (Å²) in [6, 6.07) is 8.10. The molecule has 0 aliphatic rings. The summed E-state index contributed by atoms with van der Waals surface area (Å²) in [6.45, 7) is 0. The van der Waals surface area contributed by atoms with E-state index in [1.807, 2.05) is 0 Å². The highest BCUT2D eigenvalue weighted by molar-refractivity contribution is 6.06. The van der Waals surface area contributed by atoms with Crippen molar-refractivity contribution in [2.45, 2.75) is 5.60 Å². The first-order valence-electron chi connectivity index (χ1n) is 4.65. The molecule has 5 heteroatoms. The van der Waals surface area contributed by atoms with E-state index < -0.39 is 17.5 Å². The number of nitrogens with one attached hydrogen (secondary N) is 1. The van der Waals surface area contributed by atoms with Crippen molar-refractivity contribution in [3.63, 3.8) is 0 Å². The first-order valence-corrected chi connectivity index (χ1v) is 4.65. The SMILES string of the molecule is CNC(=O)C(OC)(C(=O)O)c1ccccc1. The molecule has 2 N–H and O–H groups in total. The fourth-order valence-electron chi connectivity index (χ4n) is 1.50. The number of methoxy groups -OCH3 is 1. The van der Waals surface area contributed by atoms with Crippen LogP contribution in [0.4, 0.5) is 0 Å². The van der Waals surface area contributed by atoms with Gasteiger partial charge in [-0.15, -0.1) is 0 Å². The average Bonchev–Trinajstić information content (AvgIpc) is 2.31. The summed E-state index contributed by atoms with van der Waals surface area (Å²) in [5.41, 5.74) is -1.71. The molecule has 0 saturated heterocycles. The van der Waals surface area contributed by atoms with E-state index in [-0.39, 0.29) is 5.56 Å². The lowest BCUT2D eigenvalue weighted by Gasteiger charge is -2.26. The lowest BCUT2D eigenvalue weighted by atomic mass is 9.92. The van der Waals surface area contributed by atoms with Gasteiger partial charge in [0.15, 0.2) is 0 Å². The van der Waals surface area contributed by atoms with E-state index in [4.69, 9.17) is 4.74 Å². The molecule has 0 saturated carbocycles. The molecule has 1 atom stereocenters. The quantitative estimate of drug-likeness (QED) is 0.722. The predicted molar refractivity (Wildman–Crippen MR) is 56.8 cm³/mol. The van der Waals surface area contributed by atoms with Gasteiger partial charge in [-0.3, -0.25) is 4.79 Å². The van der Waals surface area contributed by atoms with Crippen molar-refractivity contribution in [2.24, 2.45) is 0 Å². The van der Waals surface area contributed by atoms with Gasteiger partial charge in [0.05, 0.1) is 0 Å². The maximum Gasteiger partial charge on any atom is 0.350 e. The van der Waals surface area contributed by atoms with Gasteiger partial charge in [0.2, 0.25) is 0 Å². The van der Waals surface area contributed by atoms with Crippen LogP contribution in [0.5, 0.6) is 0 Å². The molecule has 1 unspecified atom stereocenters. The molecule has 0 radical (unpaired) electrons. The maximum absolute atomic E-state index is 11.7. The molecule has 0 bridgehead atoms. The fourth-order valence-corrected chi connectivity index (χ4v) is 1.50. The van der Waals surface area contributed by atoms with Crippen LogP contribution in [-0.2, 0) is 19.9 Å². The van der Waals surface area contributed by atoms with Crippen LogP contribution in [0.2, 0.25) is 0 Å². The Kier molecular flexibility index (Phi) is 3.63. The molecule has 16 heavy (non-hydrogen) atoms. The van der Waals surface area contributed by atoms with E-state index in [1.54, 1.807) is 18.2 Å². The molecule has 86 valence electrons. The predicted octanol–water partition coefficient (Wildman–Crippen LogP) is 0.359. The highest BCUT2D eigenvalue weighted by Gasteiger charge is 2.48. The van der Waals surface area contributed by atoms with E-state index in [2.05, 4.69) is 5.32 Å². The van der Waals surface area contributed by atoms with Crippen LogP contribution in [0.25, 0.3) is 0 Å². The molecule has 1 amide bonds. The lowest BCUT2D eigenvalue weighted by Crippen LogP contribution is -2.50. The van der Waals surface area contributed by atoms with Crippen LogP contribution in [0, 0.1) is 0 Å². The molecule has 0 aromatic heterocycles. The average molecular weight is 223 g/mol. The van der Waals surface area contributed by atoms with Crippen molar-refractivity contribution in [3.05, 3.63) is 35.9 Å². The van der Waals surface area contributed by atoms with Gasteiger partial charge in [-0.1, -0.05) is 30.3 Å². The van der Waals surface area contributed by atoms with Crippen LogP contribution >= 0.6 is 0 Å². The second-order valence-corrected chi connectivity index (χ2v) is 3.14. The van der Waals surface area contributed by atoms with Crippen LogP contribution in [-0.4, -0.2) is 31.1 Å². The summed E-state index contributed by atoms with van der Waals surface area (Å²) in [6.07, 6.45) is 0. The van der Waals surface area contributed by atoms with Gasteiger partial charge in [-0.25, -0.2) is 4.79 Å². The maximum atomic E-state index is 11.7. The number of ether oxygens (including phenoxy) is 1. The molecule has 0 heterocycles. The molecule has 0 fully saturated rings. The van der Waals surface area contributed by atoms with Crippen molar-refractivity contribution in [1.29, 1.82) is 0 Å². The summed E-state index contributed by atoms with van der Waals surface area (Å²) in [7, 11) is 2.55. The zero-order valence-electron chi connectivity index (χ0n) is 9.06. The number of likely N-dealkylation sites (N-methyl/N-ethyl adjacent to an activating group) is 1. The summed E-state index contributed by atoms with van der Waals surface area (Å²) < 4.78 is 4.93. The highest BCUT2D eigenvalue weighted by atomic mass is 16.5. The summed E-state index contributed by atoms with van der Waals surface area (Å²) in [5, 5.41) is 11.5. The Bertz CT molecular complexity index is 390. The summed E-state index contributed by atoms with van der Waals surface area (Å²) in [5.74, 6) is -2.06. The van der Waals surface area contributed by atoms with Crippen molar-refractivity contribution >= 4 is 11.9 Å². The molecule has 0 aliphatic heterocycles. The number of carboxylic acids is 1. The number of carboxylic acid groups (broad SMARTS) is 1. The van der Waals surface area contributed by atoms with E-state index >= 15 is 0 Å². The number of carbonyl (C=O) groups excluding carboxylic acids is 1. The molecule has 1 rings (SSSR count). The van der Waals surface area contributed by atoms with E-state index in [0.29, 0.717) is 0 Å². The van der Waals surface area contributed by atoms with Crippen LogP contribution < -0.4 is 5.32 Å². The van der Waals surface area contributed by atoms with Gasteiger partial charge >= 0.3 is 5.97 Å². The lowest BCUT2D eigenvalue weighted by molar-refractivity contribution is -0.171. The number of hydrogen-bond acceptors (Lipinski definition) is 3. The number of hydrogen-bond donors (Lipinski definition) is 2. The van der Waals surface area contributed by atoms with Crippen molar-refractivity contribution in [2.75, 3.05) is 14.2 Å². The number of rotatable bonds is 4. The standard InChI is InChI=1S/C11H13NO4/c1-12-9(13)11(16-2,10(14)15)8-6-4-3-5-7-8/h3-7H,1-2H3,(H,12,13)(H,14,15). The van der Waals surface area contributed by atoms with Gasteiger partial charge in [0.1, 0.15) is 0 Å². The molecule has 1 aromatic rings.